The van der Waals surface area contributed by atoms with Gasteiger partial charge in [0.15, 0.2) is 11.0 Å². The van der Waals surface area contributed by atoms with Crippen LogP contribution in [0.4, 0.5) is 5.82 Å². The summed E-state index contributed by atoms with van der Waals surface area (Å²) in [5, 5.41) is 1.39. The van der Waals surface area contributed by atoms with Crippen LogP contribution in [0.2, 0.25) is 10.3 Å². The van der Waals surface area contributed by atoms with E-state index < -0.39 is 10.0 Å². The number of hydrogen-bond acceptors (Lipinski definition) is 4. The van der Waals surface area contributed by atoms with E-state index in [1.54, 1.807) is 18.2 Å². The van der Waals surface area contributed by atoms with Crippen molar-refractivity contribution in [2.75, 3.05) is 4.72 Å². The molecule has 1 heterocycles. The van der Waals surface area contributed by atoms with E-state index in [9.17, 15) is 8.42 Å². The summed E-state index contributed by atoms with van der Waals surface area (Å²) in [5.41, 5.74) is 0. The molecule has 0 fully saturated rings. The molecule has 0 amide bonds. The Kier molecular flexibility index (Phi) is 3.90. The zero-order chi connectivity index (χ0) is 15.7. The lowest BCUT2D eigenvalue weighted by atomic mass is 10.1. The number of rotatable bonds is 3. The molecule has 0 aliphatic rings. The molecular formula is C14H9Cl2N3O2S. The van der Waals surface area contributed by atoms with Crippen molar-refractivity contribution in [1.29, 1.82) is 0 Å². The molecule has 2 aromatic carbocycles. The second-order valence-electron chi connectivity index (χ2n) is 4.41. The molecule has 0 aliphatic heterocycles. The number of hydrogen-bond donors (Lipinski definition) is 1. The standard InChI is InChI=1S/C14H9Cl2N3O2S/c15-12-8-17-14(13(16)18-12)19-22(20,21)11-7-3-5-9-4-1-2-6-10(9)11/h1-8H,(H,17,19). The predicted molar refractivity (Wildman–Crippen MR) is 86.8 cm³/mol. The van der Waals surface area contributed by atoms with E-state index in [0.717, 1.165) is 5.39 Å². The third-order valence-electron chi connectivity index (χ3n) is 2.97. The summed E-state index contributed by atoms with van der Waals surface area (Å²) >= 11 is 11.5. The van der Waals surface area contributed by atoms with Crippen LogP contribution in [0, 0.1) is 0 Å². The van der Waals surface area contributed by atoms with E-state index in [2.05, 4.69) is 14.7 Å². The van der Waals surface area contributed by atoms with E-state index in [-0.39, 0.29) is 21.0 Å². The number of fused-ring (bicyclic) bond motifs is 1. The summed E-state index contributed by atoms with van der Waals surface area (Å²) in [6, 6.07) is 12.2. The predicted octanol–water partition coefficient (Wildman–Crippen LogP) is 3.74. The maximum absolute atomic E-state index is 12.6. The van der Waals surface area contributed by atoms with Gasteiger partial charge in [-0.1, -0.05) is 59.6 Å². The number of anilines is 1. The molecule has 0 saturated heterocycles. The Morgan fingerprint density at radius 2 is 1.73 bits per heavy atom. The monoisotopic (exact) mass is 353 g/mol. The van der Waals surface area contributed by atoms with Crippen LogP contribution in [0.5, 0.6) is 0 Å². The van der Waals surface area contributed by atoms with Crippen molar-refractivity contribution in [1.82, 2.24) is 9.97 Å². The van der Waals surface area contributed by atoms with Gasteiger partial charge in [0.1, 0.15) is 5.15 Å². The van der Waals surface area contributed by atoms with Gasteiger partial charge in [0.05, 0.1) is 11.1 Å². The molecule has 1 N–H and O–H groups in total. The first-order valence-electron chi connectivity index (χ1n) is 6.16. The fourth-order valence-electron chi connectivity index (χ4n) is 2.03. The minimum Gasteiger partial charge on any atom is -0.261 e. The fourth-order valence-corrected chi connectivity index (χ4v) is 3.69. The van der Waals surface area contributed by atoms with Crippen LogP contribution in [-0.2, 0) is 10.0 Å². The molecule has 0 unspecified atom stereocenters. The van der Waals surface area contributed by atoms with Gasteiger partial charge in [0.25, 0.3) is 10.0 Å². The average molecular weight is 354 g/mol. The molecule has 22 heavy (non-hydrogen) atoms. The van der Waals surface area contributed by atoms with Crippen molar-refractivity contribution in [3.8, 4) is 0 Å². The van der Waals surface area contributed by atoms with Crippen molar-refractivity contribution < 1.29 is 8.42 Å². The molecule has 0 aliphatic carbocycles. The summed E-state index contributed by atoms with van der Waals surface area (Å²) in [6.07, 6.45) is 1.22. The molecule has 8 heteroatoms. The van der Waals surface area contributed by atoms with Crippen LogP contribution in [-0.4, -0.2) is 18.4 Å². The molecule has 0 spiro atoms. The van der Waals surface area contributed by atoms with E-state index in [1.165, 1.54) is 12.3 Å². The van der Waals surface area contributed by atoms with Gasteiger partial charge in [0, 0.05) is 5.39 Å². The second-order valence-corrected chi connectivity index (χ2v) is 6.81. The van der Waals surface area contributed by atoms with Crippen molar-refractivity contribution >= 4 is 49.8 Å². The van der Waals surface area contributed by atoms with Crippen molar-refractivity contribution in [3.63, 3.8) is 0 Å². The fraction of sp³-hybridized carbons (Fsp3) is 0. The minimum absolute atomic E-state index is 0.0704. The smallest absolute Gasteiger partial charge is 0.261 e. The van der Waals surface area contributed by atoms with Gasteiger partial charge in [0.2, 0.25) is 0 Å². The Labute approximate surface area is 137 Å². The van der Waals surface area contributed by atoms with Gasteiger partial charge in [-0.2, -0.15) is 0 Å². The third kappa shape index (κ3) is 2.85. The molecule has 5 nitrogen and oxygen atoms in total. The van der Waals surface area contributed by atoms with Gasteiger partial charge >= 0.3 is 0 Å². The topological polar surface area (TPSA) is 72.0 Å². The van der Waals surface area contributed by atoms with Gasteiger partial charge in [-0.05, 0) is 11.5 Å². The Morgan fingerprint density at radius 3 is 2.50 bits per heavy atom. The van der Waals surface area contributed by atoms with Crippen LogP contribution < -0.4 is 4.72 Å². The molecule has 0 saturated carbocycles. The highest BCUT2D eigenvalue weighted by atomic mass is 35.5. The summed E-state index contributed by atoms with van der Waals surface area (Å²) in [5.74, 6) is -0.0704. The quantitative estimate of drug-likeness (QED) is 0.778. The van der Waals surface area contributed by atoms with Gasteiger partial charge in [-0.3, -0.25) is 4.72 Å². The van der Waals surface area contributed by atoms with Crippen LogP contribution in [0.3, 0.4) is 0 Å². The highest BCUT2D eigenvalue weighted by Gasteiger charge is 2.19. The molecule has 0 radical (unpaired) electrons. The summed E-state index contributed by atoms with van der Waals surface area (Å²) < 4.78 is 27.5. The lowest BCUT2D eigenvalue weighted by Crippen LogP contribution is -2.15. The number of sulfonamides is 1. The highest BCUT2D eigenvalue weighted by molar-refractivity contribution is 7.93. The van der Waals surface area contributed by atoms with Gasteiger partial charge < -0.3 is 0 Å². The normalized spacial score (nSPS) is 11.5. The zero-order valence-electron chi connectivity index (χ0n) is 11.0. The van der Waals surface area contributed by atoms with Crippen LogP contribution in [0.25, 0.3) is 10.8 Å². The first-order chi connectivity index (χ1) is 10.5. The second kappa shape index (κ2) is 5.72. The number of nitrogens with one attached hydrogen (secondary N) is 1. The molecule has 112 valence electrons. The van der Waals surface area contributed by atoms with E-state index in [0.29, 0.717) is 5.39 Å². The first-order valence-corrected chi connectivity index (χ1v) is 8.40. The molecule has 3 rings (SSSR count). The van der Waals surface area contributed by atoms with Crippen molar-refractivity contribution in [2.45, 2.75) is 4.90 Å². The third-order valence-corrected chi connectivity index (χ3v) is 4.81. The Balaban J connectivity index is 2.09. The SMILES string of the molecule is O=S(=O)(Nc1ncc(Cl)nc1Cl)c1cccc2ccccc12. The average Bonchev–Trinajstić information content (AvgIpc) is 2.49. The van der Waals surface area contributed by atoms with E-state index >= 15 is 0 Å². The Morgan fingerprint density at radius 1 is 1.00 bits per heavy atom. The van der Waals surface area contributed by atoms with Crippen molar-refractivity contribution in [2.24, 2.45) is 0 Å². The lowest BCUT2D eigenvalue weighted by Gasteiger charge is -2.10. The molecule has 0 bridgehead atoms. The maximum Gasteiger partial charge on any atom is 0.263 e. The van der Waals surface area contributed by atoms with Crippen LogP contribution >= 0.6 is 23.2 Å². The Hall–Kier alpha value is -1.89. The largest absolute Gasteiger partial charge is 0.263 e. The number of aromatic nitrogens is 2. The summed E-state index contributed by atoms with van der Waals surface area (Å²) in [6.45, 7) is 0. The molecule has 3 aromatic rings. The van der Waals surface area contributed by atoms with Crippen LogP contribution in [0.15, 0.2) is 53.6 Å². The first kappa shape index (κ1) is 15.0. The van der Waals surface area contributed by atoms with E-state index in [4.69, 9.17) is 23.2 Å². The van der Waals surface area contributed by atoms with Crippen molar-refractivity contribution in [3.05, 3.63) is 59.0 Å². The maximum atomic E-state index is 12.6. The molecular weight excluding hydrogens is 345 g/mol. The number of nitrogens with zero attached hydrogens (tertiary/aromatic N) is 2. The highest BCUT2D eigenvalue weighted by Crippen LogP contribution is 2.26. The minimum atomic E-state index is -3.86. The lowest BCUT2D eigenvalue weighted by molar-refractivity contribution is 0.602. The van der Waals surface area contributed by atoms with Gasteiger partial charge in [-0.15, -0.1) is 0 Å². The van der Waals surface area contributed by atoms with E-state index in [1.807, 2.05) is 18.2 Å². The number of benzene rings is 2. The molecule has 1 aromatic heterocycles. The summed E-state index contributed by atoms with van der Waals surface area (Å²) in [4.78, 5) is 7.74. The summed E-state index contributed by atoms with van der Waals surface area (Å²) in [7, 11) is -3.86. The zero-order valence-corrected chi connectivity index (χ0v) is 13.3. The number of halogens is 2. The van der Waals surface area contributed by atoms with Crippen LogP contribution in [0.1, 0.15) is 0 Å². The Bertz CT molecular complexity index is 956. The molecule has 0 atom stereocenters. The van der Waals surface area contributed by atoms with Gasteiger partial charge in [-0.25, -0.2) is 18.4 Å².